The van der Waals surface area contributed by atoms with Gasteiger partial charge in [0.05, 0.1) is 12.7 Å². The lowest BCUT2D eigenvalue weighted by Crippen LogP contribution is -2.13. The Balaban J connectivity index is 3.61. The Morgan fingerprint density at radius 2 is 1.86 bits per heavy atom. The fourth-order valence-corrected chi connectivity index (χ4v) is 1.89. The molecule has 0 spiro atoms. The molecule has 1 atom stereocenters. The highest BCUT2D eigenvalue weighted by molar-refractivity contribution is 7.45. The predicted octanol–water partition coefficient (Wildman–Crippen LogP) is 2.33. The molecule has 14 heavy (non-hydrogen) atoms. The number of rotatable bonds is 7. The third-order valence-corrected chi connectivity index (χ3v) is 2.69. The fraction of sp³-hybridized carbons (Fsp3) is 1.00. The van der Waals surface area contributed by atoms with Crippen LogP contribution in [0.4, 0.5) is 0 Å². The zero-order valence-electron chi connectivity index (χ0n) is 9.36. The van der Waals surface area contributed by atoms with Crippen molar-refractivity contribution >= 4 is 7.82 Å². The van der Waals surface area contributed by atoms with Gasteiger partial charge in [-0.05, 0) is 32.6 Å². The molecule has 0 aromatic carbocycles. The lowest BCUT2D eigenvalue weighted by atomic mass is 10.1. The molecule has 0 rings (SSSR count). The van der Waals surface area contributed by atoms with E-state index in [-0.39, 0.29) is 12.7 Å². The van der Waals surface area contributed by atoms with Gasteiger partial charge in [0.15, 0.2) is 0 Å². The van der Waals surface area contributed by atoms with Crippen molar-refractivity contribution in [2.75, 3.05) is 6.61 Å². The predicted molar refractivity (Wildman–Crippen MR) is 53.9 cm³/mol. The van der Waals surface area contributed by atoms with E-state index < -0.39 is 7.82 Å². The lowest BCUT2D eigenvalue weighted by Gasteiger charge is -2.24. The van der Waals surface area contributed by atoms with Crippen molar-refractivity contribution < 1.29 is 18.5 Å². The highest BCUT2D eigenvalue weighted by Gasteiger charge is 2.10. The number of phosphoric acid groups is 1. The molecule has 0 aromatic heterocycles. The maximum Gasteiger partial charge on any atom is 0.268 e. The molecule has 0 aromatic rings. The van der Waals surface area contributed by atoms with E-state index in [0.29, 0.717) is 5.92 Å². The molecule has 0 saturated heterocycles. The summed E-state index contributed by atoms with van der Waals surface area (Å²) in [5.41, 5.74) is 0. The van der Waals surface area contributed by atoms with Gasteiger partial charge in [0.2, 0.25) is 0 Å². The summed E-state index contributed by atoms with van der Waals surface area (Å²) < 4.78 is 20.4. The first kappa shape index (κ1) is 14.1. The Morgan fingerprint density at radius 3 is 2.29 bits per heavy atom. The van der Waals surface area contributed by atoms with Crippen LogP contribution in [-0.4, -0.2) is 12.7 Å². The average Bonchev–Trinajstić information content (AvgIpc) is 1.95. The van der Waals surface area contributed by atoms with Crippen LogP contribution in [0.1, 0.15) is 40.5 Å². The molecular weight excluding hydrogens is 203 g/mol. The number of hydrogen-bond donors (Lipinski definition) is 0. The van der Waals surface area contributed by atoms with Crippen LogP contribution >= 0.6 is 7.82 Å². The zero-order valence-corrected chi connectivity index (χ0v) is 10.3. The Bertz CT molecular complexity index is 191. The molecule has 86 valence electrons. The Morgan fingerprint density at radius 1 is 1.29 bits per heavy atom. The van der Waals surface area contributed by atoms with Gasteiger partial charge in [0.25, 0.3) is 7.82 Å². The maximum atomic E-state index is 11.1. The van der Waals surface area contributed by atoms with Crippen LogP contribution in [0.2, 0.25) is 0 Å². The second-order valence-corrected chi connectivity index (χ2v) is 5.33. The summed E-state index contributed by atoms with van der Waals surface area (Å²) in [5.74, 6) is 0.565. The van der Waals surface area contributed by atoms with E-state index in [1.165, 1.54) is 0 Å². The molecule has 0 N–H and O–H groups in total. The average molecular weight is 223 g/mol. The molecule has 4 nitrogen and oxygen atoms in total. The first-order chi connectivity index (χ1) is 6.33. The van der Waals surface area contributed by atoms with Crippen molar-refractivity contribution in [2.45, 2.75) is 46.6 Å². The first-order valence-corrected chi connectivity index (χ1v) is 6.43. The summed E-state index contributed by atoms with van der Waals surface area (Å²) in [5, 5.41) is 0. The highest BCUT2D eigenvalue weighted by Crippen LogP contribution is 2.39. The lowest BCUT2D eigenvalue weighted by molar-refractivity contribution is -0.228. The molecule has 0 heterocycles. The quantitative estimate of drug-likeness (QED) is 0.491. The van der Waals surface area contributed by atoms with Crippen molar-refractivity contribution in [1.29, 1.82) is 0 Å². The second-order valence-electron chi connectivity index (χ2n) is 3.97. The summed E-state index contributed by atoms with van der Waals surface area (Å²) in [6.07, 6.45) is 1.34. The van der Waals surface area contributed by atoms with E-state index in [1.54, 1.807) is 13.8 Å². The van der Waals surface area contributed by atoms with E-state index >= 15 is 0 Å². The normalized spacial score (nSPS) is 16.2. The molecule has 0 amide bonds. The minimum Gasteiger partial charge on any atom is -0.756 e. The van der Waals surface area contributed by atoms with Crippen molar-refractivity contribution in [1.82, 2.24) is 0 Å². The number of hydrogen-bond acceptors (Lipinski definition) is 4. The minimum atomic E-state index is -4.06. The van der Waals surface area contributed by atoms with E-state index in [9.17, 15) is 9.46 Å². The summed E-state index contributed by atoms with van der Waals surface area (Å²) in [4.78, 5) is 11.1. The fourth-order valence-electron chi connectivity index (χ4n) is 0.957. The van der Waals surface area contributed by atoms with Gasteiger partial charge < -0.3 is 13.9 Å². The van der Waals surface area contributed by atoms with Crippen molar-refractivity contribution in [3.8, 4) is 0 Å². The molecule has 0 aliphatic carbocycles. The van der Waals surface area contributed by atoms with Gasteiger partial charge in [-0.15, -0.1) is 0 Å². The Labute approximate surface area is 86.2 Å². The van der Waals surface area contributed by atoms with Crippen LogP contribution < -0.4 is 4.89 Å². The summed E-state index contributed by atoms with van der Waals surface area (Å²) in [7, 11) is -4.06. The summed E-state index contributed by atoms with van der Waals surface area (Å²) >= 11 is 0. The molecule has 1 unspecified atom stereocenters. The van der Waals surface area contributed by atoms with Gasteiger partial charge in [-0.1, -0.05) is 13.8 Å². The van der Waals surface area contributed by atoms with Gasteiger partial charge >= 0.3 is 0 Å². The van der Waals surface area contributed by atoms with Crippen LogP contribution in [-0.2, 0) is 13.6 Å². The van der Waals surface area contributed by atoms with Gasteiger partial charge in [0.1, 0.15) is 0 Å². The monoisotopic (exact) mass is 223 g/mol. The van der Waals surface area contributed by atoms with E-state index in [4.69, 9.17) is 0 Å². The Kier molecular flexibility index (Phi) is 6.62. The maximum absolute atomic E-state index is 11.1. The molecule has 0 bridgehead atoms. The first-order valence-electron chi connectivity index (χ1n) is 4.97. The van der Waals surface area contributed by atoms with Crippen LogP contribution in [0.3, 0.4) is 0 Å². The SMILES string of the molecule is CC(C)CCCOP(=O)([O-])OC(C)C. The topological polar surface area (TPSA) is 58.6 Å². The standard InChI is InChI=1S/C9H21O4P/c1-8(2)6-5-7-12-14(10,11)13-9(3)4/h8-9H,5-7H2,1-4H3,(H,10,11)/p-1. The minimum absolute atomic E-state index is 0.214. The smallest absolute Gasteiger partial charge is 0.268 e. The second kappa shape index (κ2) is 6.57. The van der Waals surface area contributed by atoms with Crippen LogP contribution in [0.5, 0.6) is 0 Å². The van der Waals surface area contributed by atoms with Crippen LogP contribution in [0.15, 0.2) is 0 Å². The van der Waals surface area contributed by atoms with E-state index in [1.807, 2.05) is 0 Å². The third-order valence-electron chi connectivity index (χ3n) is 1.52. The van der Waals surface area contributed by atoms with Crippen molar-refractivity contribution in [3.05, 3.63) is 0 Å². The molecule has 0 saturated carbocycles. The largest absolute Gasteiger partial charge is 0.756 e. The van der Waals surface area contributed by atoms with Gasteiger partial charge in [-0.2, -0.15) is 0 Å². The van der Waals surface area contributed by atoms with Gasteiger partial charge in [0, 0.05) is 0 Å². The van der Waals surface area contributed by atoms with Crippen LogP contribution in [0, 0.1) is 5.92 Å². The zero-order chi connectivity index (χ0) is 11.2. The molecule has 0 fully saturated rings. The Hall–Kier alpha value is 0.110. The summed E-state index contributed by atoms with van der Waals surface area (Å²) in [6, 6.07) is 0. The van der Waals surface area contributed by atoms with Crippen molar-refractivity contribution in [3.63, 3.8) is 0 Å². The van der Waals surface area contributed by atoms with Crippen molar-refractivity contribution in [2.24, 2.45) is 5.92 Å². The van der Waals surface area contributed by atoms with Gasteiger partial charge in [-0.3, -0.25) is 4.57 Å². The third kappa shape index (κ3) is 8.70. The molecule has 5 heteroatoms. The molecular formula is C9H20O4P-. The highest BCUT2D eigenvalue weighted by atomic mass is 31.2. The van der Waals surface area contributed by atoms with E-state index in [2.05, 4.69) is 22.9 Å². The summed E-state index contributed by atoms with van der Waals surface area (Å²) in [6.45, 7) is 7.69. The van der Waals surface area contributed by atoms with E-state index in [0.717, 1.165) is 12.8 Å². The molecule has 0 aliphatic heterocycles. The number of phosphoric ester groups is 1. The van der Waals surface area contributed by atoms with Crippen LogP contribution in [0.25, 0.3) is 0 Å². The van der Waals surface area contributed by atoms with Gasteiger partial charge in [-0.25, -0.2) is 0 Å². The molecule has 0 aliphatic rings. The molecule has 0 radical (unpaired) electrons.